The smallest absolute Gasteiger partial charge is 0.314 e. The average Bonchev–Trinajstić information content (AvgIpc) is 2.21. The molecular weight excluding hydrogens is 240 g/mol. The van der Waals surface area contributed by atoms with Crippen LogP contribution < -0.4 is 4.74 Å². The number of ether oxygens (including phenoxy) is 1. The van der Waals surface area contributed by atoms with E-state index in [2.05, 4.69) is 0 Å². The maximum atomic E-state index is 11.5. The van der Waals surface area contributed by atoms with Gasteiger partial charge in [-0.3, -0.25) is 4.79 Å². The fourth-order valence-corrected chi connectivity index (χ4v) is 2.62. The van der Waals surface area contributed by atoms with Crippen LogP contribution in [0.15, 0.2) is 12.1 Å². The van der Waals surface area contributed by atoms with Crippen LogP contribution in [0.2, 0.25) is 5.02 Å². The second kappa shape index (κ2) is 4.22. The first-order chi connectivity index (χ1) is 8.01. The van der Waals surface area contributed by atoms with Gasteiger partial charge in [-0.1, -0.05) is 18.0 Å². The molecule has 17 heavy (non-hydrogen) atoms. The summed E-state index contributed by atoms with van der Waals surface area (Å²) in [4.78, 5) is 11.5. The molecule has 1 aromatic carbocycles. The third-order valence-corrected chi connectivity index (χ3v) is 4.10. The van der Waals surface area contributed by atoms with Crippen molar-refractivity contribution in [3.05, 3.63) is 28.3 Å². The Hall–Kier alpha value is -1.22. The van der Waals surface area contributed by atoms with Crippen LogP contribution in [0.4, 0.5) is 0 Å². The normalized spacial score (nSPS) is 17.4. The lowest BCUT2D eigenvalue weighted by Gasteiger charge is -2.39. The third kappa shape index (κ3) is 1.78. The molecular formula is C13H15ClO3. The van der Waals surface area contributed by atoms with Gasteiger partial charge in [-0.05, 0) is 43.0 Å². The number of rotatable bonds is 3. The summed E-state index contributed by atoms with van der Waals surface area (Å²) >= 11 is 6.24. The molecule has 2 rings (SSSR count). The number of methoxy groups -OCH3 is 1. The largest absolute Gasteiger partial charge is 0.497 e. The van der Waals surface area contributed by atoms with Gasteiger partial charge in [-0.15, -0.1) is 0 Å². The van der Waals surface area contributed by atoms with Crippen LogP contribution in [-0.2, 0) is 10.2 Å². The molecule has 0 bridgehead atoms. The van der Waals surface area contributed by atoms with Crippen molar-refractivity contribution in [1.29, 1.82) is 0 Å². The van der Waals surface area contributed by atoms with Gasteiger partial charge in [0.1, 0.15) is 5.75 Å². The molecule has 0 aromatic heterocycles. The van der Waals surface area contributed by atoms with E-state index in [1.807, 2.05) is 13.0 Å². The van der Waals surface area contributed by atoms with Gasteiger partial charge in [0.2, 0.25) is 0 Å². The van der Waals surface area contributed by atoms with Crippen molar-refractivity contribution in [2.24, 2.45) is 0 Å². The predicted molar refractivity (Wildman–Crippen MR) is 65.9 cm³/mol. The summed E-state index contributed by atoms with van der Waals surface area (Å²) in [6.07, 6.45) is 2.22. The van der Waals surface area contributed by atoms with Crippen LogP contribution in [-0.4, -0.2) is 18.2 Å². The minimum Gasteiger partial charge on any atom is -0.497 e. The highest BCUT2D eigenvalue weighted by atomic mass is 35.5. The topological polar surface area (TPSA) is 46.5 Å². The fraction of sp³-hybridized carbons (Fsp3) is 0.462. The number of aliphatic carboxylic acids is 1. The molecule has 92 valence electrons. The van der Waals surface area contributed by atoms with Gasteiger partial charge < -0.3 is 9.84 Å². The summed E-state index contributed by atoms with van der Waals surface area (Å²) in [6, 6.07) is 3.57. The summed E-state index contributed by atoms with van der Waals surface area (Å²) in [6.45, 7) is 1.86. The number of aryl methyl sites for hydroxylation is 1. The first-order valence-electron chi connectivity index (χ1n) is 5.59. The van der Waals surface area contributed by atoms with Crippen molar-refractivity contribution < 1.29 is 14.6 Å². The van der Waals surface area contributed by atoms with E-state index in [4.69, 9.17) is 16.3 Å². The highest BCUT2D eigenvalue weighted by molar-refractivity contribution is 6.32. The molecule has 1 fully saturated rings. The summed E-state index contributed by atoms with van der Waals surface area (Å²) in [5, 5.41) is 9.97. The summed E-state index contributed by atoms with van der Waals surface area (Å²) in [5.74, 6) is -0.132. The maximum Gasteiger partial charge on any atom is 0.314 e. The molecule has 1 saturated carbocycles. The van der Waals surface area contributed by atoms with Gasteiger partial charge in [-0.2, -0.15) is 0 Å². The standard InChI is InChI=1S/C13H15ClO3/c1-8-6-9(17-2)7-10(11(8)14)13(12(15)16)4-3-5-13/h6-7H,3-5H2,1-2H3,(H,15,16). The molecule has 0 unspecified atom stereocenters. The number of hydrogen-bond acceptors (Lipinski definition) is 2. The Morgan fingerprint density at radius 2 is 2.12 bits per heavy atom. The van der Waals surface area contributed by atoms with E-state index in [1.165, 1.54) is 0 Å². The van der Waals surface area contributed by atoms with Crippen LogP contribution in [0.25, 0.3) is 0 Å². The van der Waals surface area contributed by atoms with Gasteiger partial charge >= 0.3 is 5.97 Å². The molecule has 1 aliphatic carbocycles. The van der Waals surface area contributed by atoms with Crippen LogP contribution in [0.1, 0.15) is 30.4 Å². The van der Waals surface area contributed by atoms with Crippen LogP contribution in [0, 0.1) is 6.92 Å². The van der Waals surface area contributed by atoms with E-state index >= 15 is 0 Å². The second-order valence-electron chi connectivity index (χ2n) is 4.55. The Balaban J connectivity index is 2.57. The maximum absolute atomic E-state index is 11.5. The van der Waals surface area contributed by atoms with Crippen molar-refractivity contribution in [3.8, 4) is 5.75 Å². The monoisotopic (exact) mass is 254 g/mol. The van der Waals surface area contributed by atoms with Crippen molar-refractivity contribution in [2.45, 2.75) is 31.6 Å². The molecule has 0 radical (unpaired) electrons. The zero-order valence-corrected chi connectivity index (χ0v) is 10.7. The van der Waals surface area contributed by atoms with Crippen molar-refractivity contribution in [2.75, 3.05) is 7.11 Å². The molecule has 0 amide bonds. The van der Waals surface area contributed by atoms with Gasteiger partial charge in [-0.25, -0.2) is 0 Å². The fourth-order valence-electron chi connectivity index (χ4n) is 2.33. The Kier molecular flexibility index (Phi) is 3.04. The minimum atomic E-state index is -0.809. The Bertz CT molecular complexity index is 464. The van der Waals surface area contributed by atoms with Crippen LogP contribution >= 0.6 is 11.6 Å². The number of halogens is 1. The van der Waals surface area contributed by atoms with Crippen molar-refractivity contribution >= 4 is 17.6 Å². The minimum absolute atomic E-state index is 0.549. The van der Waals surface area contributed by atoms with Gasteiger partial charge in [0.15, 0.2) is 0 Å². The highest BCUT2D eigenvalue weighted by Crippen LogP contribution is 2.48. The SMILES string of the molecule is COc1cc(C)c(Cl)c(C2(C(=O)O)CCC2)c1. The van der Waals surface area contributed by atoms with Gasteiger partial charge in [0, 0.05) is 5.02 Å². The summed E-state index contributed by atoms with van der Waals surface area (Å²) < 4.78 is 5.18. The van der Waals surface area contributed by atoms with E-state index in [0.29, 0.717) is 29.2 Å². The molecule has 3 nitrogen and oxygen atoms in total. The van der Waals surface area contributed by atoms with Gasteiger partial charge in [0.05, 0.1) is 12.5 Å². The van der Waals surface area contributed by atoms with E-state index in [0.717, 1.165) is 12.0 Å². The molecule has 1 N–H and O–H groups in total. The lowest BCUT2D eigenvalue weighted by molar-refractivity contribution is -0.147. The summed E-state index contributed by atoms with van der Waals surface area (Å²) in [5.41, 5.74) is 0.736. The lowest BCUT2D eigenvalue weighted by Crippen LogP contribution is -2.42. The Morgan fingerprint density at radius 1 is 1.47 bits per heavy atom. The van der Waals surface area contributed by atoms with Crippen molar-refractivity contribution in [3.63, 3.8) is 0 Å². The summed E-state index contributed by atoms with van der Waals surface area (Å²) in [7, 11) is 1.57. The quantitative estimate of drug-likeness (QED) is 0.901. The number of carboxylic acids is 1. The van der Waals surface area contributed by atoms with E-state index in [-0.39, 0.29) is 0 Å². The first kappa shape index (κ1) is 12.2. The molecule has 0 atom stereocenters. The number of benzene rings is 1. The molecule has 0 saturated heterocycles. The molecule has 1 aliphatic rings. The number of carboxylic acid groups (broad SMARTS) is 1. The van der Waals surface area contributed by atoms with Crippen LogP contribution in [0.3, 0.4) is 0 Å². The Morgan fingerprint density at radius 3 is 2.53 bits per heavy atom. The zero-order chi connectivity index (χ0) is 12.6. The molecule has 4 heteroatoms. The first-order valence-corrected chi connectivity index (χ1v) is 5.97. The van der Waals surface area contributed by atoms with E-state index in [1.54, 1.807) is 13.2 Å². The molecule has 0 spiro atoms. The number of carbonyl (C=O) groups is 1. The lowest BCUT2D eigenvalue weighted by atomic mass is 9.64. The second-order valence-corrected chi connectivity index (χ2v) is 4.92. The van der Waals surface area contributed by atoms with Crippen LogP contribution in [0.5, 0.6) is 5.75 Å². The van der Waals surface area contributed by atoms with Gasteiger partial charge in [0.25, 0.3) is 0 Å². The highest BCUT2D eigenvalue weighted by Gasteiger charge is 2.47. The predicted octanol–water partition coefficient (Wildman–Crippen LogP) is 3.16. The average molecular weight is 255 g/mol. The van der Waals surface area contributed by atoms with E-state index in [9.17, 15) is 9.90 Å². The molecule has 0 aliphatic heterocycles. The molecule has 1 aromatic rings. The zero-order valence-electron chi connectivity index (χ0n) is 9.92. The van der Waals surface area contributed by atoms with Crippen molar-refractivity contribution in [1.82, 2.24) is 0 Å². The Labute approximate surface area is 105 Å². The number of hydrogen-bond donors (Lipinski definition) is 1. The molecule has 0 heterocycles. The third-order valence-electron chi connectivity index (χ3n) is 3.60. The van der Waals surface area contributed by atoms with E-state index < -0.39 is 11.4 Å².